The van der Waals surface area contributed by atoms with Gasteiger partial charge in [0.05, 0.1) is 4.92 Å². The van der Waals surface area contributed by atoms with Crippen molar-refractivity contribution in [2.75, 3.05) is 13.2 Å². The van der Waals surface area contributed by atoms with Crippen LogP contribution in [0.4, 0.5) is 10.5 Å². The van der Waals surface area contributed by atoms with Crippen molar-refractivity contribution < 1.29 is 28.8 Å². The standard InChI is InChI=1S/C19H23ClN4O7/c1-11-4-2-3-5-14(11)22-19(28)23-16(25)10-31-17(26)9-21-18(27)12-6-7-13(20)15(8-12)24(29)30/h6-8,11,14H,2-5,9-10H2,1H3,(H,21,27)(H2,22,23,25,28). The average Bonchev–Trinajstić information content (AvgIpc) is 2.72. The zero-order valence-electron chi connectivity index (χ0n) is 16.8. The summed E-state index contributed by atoms with van der Waals surface area (Å²) in [7, 11) is 0. The molecule has 1 saturated carbocycles. The molecule has 1 aliphatic carbocycles. The van der Waals surface area contributed by atoms with Gasteiger partial charge < -0.3 is 15.4 Å². The second-order valence-corrected chi connectivity index (χ2v) is 7.56. The number of nitrogens with one attached hydrogen (secondary N) is 3. The van der Waals surface area contributed by atoms with E-state index in [-0.39, 0.29) is 16.6 Å². The highest BCUT2D eigenvalue weighted by Gasteiger charge is 2.23. The van der Waals surface area contributed by atoms with Crippen LogP contribution < -0.4 is 16.0 Å². The zero-order chi connectivity index (χ0) is 23.0. The number of nitrogens with zero attached hydrogens (tertiary/aromatic N) is 1. The molecule has 1 aliphatic rings. The van der Waals surface area contributed by atoms with Gasteiger partial charge in [0.15, 0.2) is 6.61 Å². The molecular weight excluding hydrogens is 432 g/mol. The monoisotopic (exact) mass is 454 g/mol. The van der Waals surface area contributed by atoms with Gasteiger partial charge >= 0.3 is 12.0 Å². The Balaban J connectivity index is 1.72. The SMILES string of the molecule is CC1CCCCC1NC(=O)NC(=O)COC(=O)CNC(=O)c1ccc(Cl)c([N+](=O)[O-])c1. The predicted octanol–water partition coefficient (Wildman–Crippen LogP) is 1.93. The summed E-state index contributed by atoms with van der Waals surface area (Å²) < 4.78 is 4.71. The van der Waals surface area contributed by atoms with E-state index in [2.05, 4.69) is 16.0 Å². The molecule has 0 radical (unpaired) electrons. The number of nitro groups is 1. The third-order valence-electron chi connectivity index (χ3n) is 4.84. The van der Waals surface area contributed by atoms with Gasteiger partial charge in [-0.25, -0.2) is 4.79 Å². The van der Waals surface area contributed by atoms with Crippen molar-refractivity contribution in [3.63, 3.8) is 0 Å². The van der Waals surface area contributed by atoms with Gasteiger partial charge in [0.2, 0.25) is 0 Å². The normalized spacial score (nSPS) is 17.9. The first-order chi connectivity index (χ1) is 14.7. The molecule has 3 N–H and O–H groups in total. The van der Waals surface area contributed by atoms with Crippen molar-refractivity contribution in [2.45, 2.75) is 38.6 Å². The van der Waals surface area contributed by atoms with E-state index in [0.717, 1.165) is 31.7 Å². The van der Waals surface area contributed by atoms with Crippen molar-refractivity contribution in [3.05, 3.63) is 38.9 Å². The summed E-state index contributed by atoms with van der Waals surface area (Å²) >= 11 is 5.68. The Labute approximate surface area is 183 Å². The number of nitro benzene ring substituents is 1. The topological polar surface area (TPSA) is 157 Å². The van der Waals surface area contributed by atoms with Crippen molar-refractivity contribution in [3.8, 4) is 0 Å². The molecule has 0 bridgehead atoms. The van der Waals surface area contributed by atoms with Gasteiger partial charge in [-0.2, -0.15) is 0 Å². The van der Waals surface area contributed by atoms with Crippen LogP contribution >= 0.6 is 11.6 Å². The number of carbonyl (C=O) groups is 4. The number of rotatable bonds is 7. The maximum atomic E-state index is 12.0. The molecule has 31 heavy (non-hydrogen) atoms. The molecule has 4 amide bonds. The predicted molar refractivity (Wildman–Crippen MR) is 109 cm³/mol. The van der Waals surface area contributed by atoms with E-state index < -0.39 is 47.6 Å². The first kappa shape index (κ1) is 24.1. The average molecular weight is 455 g/mol. The zero-order valence-corrected chi connectivity index (χ0v) is 17.6. The van der Waals surface area contributed by atoms with E-state index in [1.165, 1.54) is 12.1 Å². The highest BCUT2D eigenvalue weighted by atomic mass is 35.5. The molecule has 12 heteroatoms. The largest absolute Gasteiger partial charge is 0.454 e. The second kappa shape index (κ2) is 11.3. The Morgan fingerprint density at radius 3 is 2.61 bits per heavy atom. The summed E-state index contributed by atoms with van der Waals surface area (Å²) in [6.45, 7) is 0.757. The maximum Gasteiger partial charge on any atom is 0.325 e. The van der Waals surface area contributed by atoms with Crippen LogP contribution in [0.3, 0.4) is 0 Å². The molecule has 2 atom stereocenters. The summed E-state index contributed by atoms with van der Waals surface area (Å²) in [5.41, 5.74) is -0.523. The maximum absolute atomic E-state index is 12.0. The fraction of sp³-hybridized carbons (Fsp3) is 0.474. The van der Waals surface area contributed by atoms with Crippen molar-refractivity contribution in [1.29, 1.82) is 0 Å². The Morgan fingerprint density at radius 1 is 1.23 bits per heavy atom. The van der Waals surface area contributed by atoms with Gasteiger partial charge in [-0.3, -0.25) is 29.8 Å². The Kier molecular flexibility index (Phi) is 8.74. The lowest BCUT2D eigenvalue weighted by Gasteiger charge is -2.29. The van der Waals surface area contributed by atoms with Crippen LogP contribution in [-0.4, -0.2) is 47.9 Å². The molecule has 0 heterocycles. The van der Waals surface area contributed by atoms with Gasteiger partial charge in [-0.15, -0.1) is 0 Å². The lowest BCUT2D eigenvalue weighted by molar-refractivity contribution is -0.384. The van der Waals surface area contributed by atoms with Crippen LogP contribution in [0.5, 0.6) is 0 Å². The third kappa shape index (κ3) is 7.52. The minimum absolute atomic E-state index is 0.0111. The lowest BCUT2D eigenvalue weighted by atomic mass is 9.86. The molecular formula is C19H23ClN4O7. The van der Waals surface area contributed by atoms with Gasteiger partial charge in [0.25, 0.3) is 17.5 Å². The summed E-state index contributed by atoms with van der Waals surface area (Å²) in [5.74, 6) is -2.18. The van der Waals surface area contributed by atoms with Gasteiger partial charge in [0.1, 0.15) is 11.6 Å². The van der Waals surface area contributed by atoms with E-state index >= 15 is 0 Å². The number of ether oxygens (including phenoxy) is 1. The number of imide groups is 1. The van der Waals surface area contributed by atoms with Crippen molar-refractivity contribution >= 4 is 41.1 Å². The summed E-state index contributed by atoms with van der Waals surface area (Å²) in [5, 5.41) is 17.8. The molecule has 0 spiro atoms. The molecule has 168 valence electrons. The fourth-order valence-electron chi connectivity index (χ4n) is 3.14. The number of hydrogen-bond acceptors (Lipinski definition) is 7. The highest BCUT2D eigenvalue weighted by molar-refractivity contribution is 6.32. The van der Waals surface area contributed by atoms with Crippen molar-refractivity contribution in [1.82, 2.24) is 16.0 Å². The van der Waals surface area contributed by atoms with Crippen LogP contribution in [0.15, 0.2) is 18.2 Å². The summed E-state index contributed by atoms with van der Waals surface area (Å²) in [6.07, 6.45) is 3.97. The molecule has 1 fully saturated rings. The smallest absolute Gasteiger partial charge is 0.325 e. The number of urea groups is 1. The number of carbonyl (C=O) groups excluding carboxylic acids is 4. The van der Waals surface area contributed by atoms with E-state index in [1.54, 1.807) is 0 Å². The van der Waals surface area contributed by atoms with Crippen LogP contribution in [-0.2, 0) is 14.3 Å². The highest BCUT2D eigenvalue weighted by Crippen LogP contribution is 2.25. The van der Waals surface area contributed by atoms with E-state index in [4.69, 9.17) is 16.3 Å². The minimum atomic E-state index is -0.923. The van der Waals surface area contributed by atoms with E-state index in [1.807, 2.05) is 6.92 Å². The summed E-state index contributed by atoms with van der Waals surface area (Å²) in [4.78, 5) is 57.5. The van der Waals surface area contributed by atoms with Crippen LogP contribution in [0.2, 0.25) is 5.02 Å². The van der Waals surface area contributed by atoms with Crippen molar-refractivity contribution in [2.24, 2.45) is 5.92 Å². The van der Waals surface area contributed by atoms with Crippen LogP contribution in [0.1, 0.15) is 43.0 Å². The first-order valence-electron chi connectivity index (χ1n) is 9.65. The lowest BCUT2D eigenvalue weighted by Crippen LogP contribution is -2.48. The molecule has 1 aromatic carbocycles. The minimum Gasteiger partial charge on any atom is -0.454 e. The first-order valence-corrected chi connectivity index (χ1v) is 10.0. The van der Waals surface area contributed by atoms with Gasteiger partial charge in [-0.1, -0.05) is 31.4 Å². The molecule has 2 rings (SSSR count). The van der Waals surface area contributed by atoms with Gasteiger partial charge in [-0.05, 0) is 30.9 Å². The molecule has 0 aliphatic heterocycles. The number of esters is 1. The number of benzene rings is 1. The Bertz CT molecular complexity index is 877. The molecule has 11 nitrogen and oxygen atoms in total. The Hall–Kier alpha value is -3.21. The molecule has 0 saturated heterocycles. The third-order valence-corrected chi connectivity index (χ3v) is 5.16. The quantitative estimate of drug-likeness (QED) is 0.322. The Morgan fingerprint density at radius 2 is 1.94 bits per heavy atom. The number of hydrogen-bond donors (Lipinski definition) is 3. The number of amides is 4. The molecule has 0 aromatic heterocycles. The van der Waals surface area contributed by atoms with Crippen LogP contribution in [0.25, 0.3) is 0 Å². The molecule has 1 aromatic rings. The van der Waals surface area contributed by atoms with E-state index in [0.29, 0.717) is 5.92 Å². The fourth-order valence-corrected chi connectivity index (χ4v) is 3.33. The second-order valence-electron chi connectivity index (χ2n) is 7.16. The van der Waals surface area contributed by atoms with Crippen LogP contribution in [0, 0.1) is 16.0 Å². The summed E-state index contributed by atoms with van der Waals surface area (Å²) in [6, 6.07) is 2.76. The van der Waals surface area contributed by atoms with Gasteiger partial charge in [0, 0.05) is 17.7 Å². The number of halogens is 1. The van der Waals surface area contributed by atoms with E-state index in [9.17, 15) is 29.3 Å². The molecule has 2 unspecified atom stereocenters.